The molecule has 24 heavy (non-hydrogen) atoms. The molecule has 1 N–H and O–H groups in total. The average molecular weight is 368 g/mol. The molecule has 0 radical (unpaired) electrons. The molecule has 132 valence electrons. The quantitative estimate of drug-likeness (QED) is 0.897. The van der Waals surface area contributed by atoms with Gasteiger partial charge in [-0.1, -0.05) is 6.92 Å². The van der Waals surface area contributed by atoms with Crippen LogP contribution in [0.25, 0.3) is 10.7 Å². The predicted molar refractivity (Wildman–Crippen MR) is 97.7 cm³/mol. The van der Waals surface area contributed by atoms with E-state index in [0.717, 1.165) is 47.8 Å². The van der Waals surface area contributed by atoms with Gasteiger partial charge in [0.15, 0.2) is 0 Å². The highest BCUT2D eigenvalue weighted by molar-refractivity contribution is 7.89. The van der Waals surface area contributed by atoms with Gasteiger partial charge in [0, 0.05) is 29.9 Å². The number of nitrogens with zero attached hydrogens (tertiary/aromatic N) is 2. The summed E-state index contributed by atoms with van der Waals surface area (Å²) in [7, 11) is -1.61. The van der Waals surface area contributed by atoms with Crippen molar-refractivity contribution in [1.29, 1.82) is 0 Å². The van der Waals surface area contributed by atoms with E-state index in [1.54, 1.807) is 6.07 Å². The Balaban J connectivity index is 1.88. The molecule has 0 atom stereocenters. The van der Waals surface area contributed by atoms with E-state index >= 15 is 0 Å². The van der Waals surface area contributed by atoms with Crippen molar-refractivity contribution in [2.75, 3.05) is 0 Å². The van der Waals surface area contributed by atoms with Gasteiger partial charge in [0.2, 0.25) is 10.0 Å². The predicted octanol–water partition coefficient (Wildman–Crippen LogP) is 3.62. The first-order valence-corrected chi connectivity index (χ1v) is 10.8. The van der Waals surface area contributed by atoms with Crippen LogP contribution < -0.4 is 4.72 Å². The van der Waals surface area contributed by atoms with Crippen LogP contribution in [0.15, 0.2) is 16.3 Å². The maximum atomic E-state index is 12.9. The standard InChI is InChI=1S/C17H25N3O2S2/c1-11-5-7-14(8-6-11)19-24(21,22)16-9-15(20(4)13(16)3)17-18-12(2)10-23-17/h9-11,14,19H,5-8H2,1-4H3. The van der Waals surface area contributed by atoms with Gasteiger partial charge in [-0.25, -0.2) is 18.1 Å². The average Bonchev–Trinajstić information content (AvgIpc) is 3.07. The zero-order chi connectivity index (χ0) is 17.5. The number of nitrogens with one attached hydrogen (secondary N) is 1. The van der Waals surface area contributed by atoms with Gasteiger partial charge in [0.05, 0.1) is 5.69 Å². The van der Waals surface area contributed by atoms with Crippen molar-refractivity contribution in [2.24, 2.45) is 13.0 Å². The van der Waals surface area contributed by atoms with Crippen LogP contribution in [0, 0.1) is 19.8 Å². The van der Waals surface area contributed by atoms with Crippen molar-refractivity contribution >= 4 is 21.4 Å². The fourth-order valence-corrected chi connectivity index (χ4v) is 5.72. The molecule has 2 heterocycles. The summed E-state index contributed by atoms with van der Waals surface area (Å²) in [5.74, 6) is 0.698. The summed E-state index contributed by atoms with van der Waals surface area (Å²) in [5, 5.41) is 2.83. The molecule has 7 heteroatoms. The molecule has 0 saturated heterocycles. The van der Waals surface area contributed by atoms with Gasteiger partial charge in [-0.3, -0.25) is 0 Å². The normalized spacial score (nSPS) is 22.0. The summed E-state index contributed by atoms with van der Waals surface area (Å²) in [6.07, 6.45) is 4.02. The van der Waals surface area contributed by atoms with Gasteiger partial charge in [-0.2, -0.15) is 0 Å². The van der Waals surface area contributed by atoms with Crippen LogP contribution in [0.4, 0.5) is 0 Å². The second-order valence-electron chi connectivity index (χ2n) is 6.91. The van der Waals surface area contributed by atoms with Crippen molar-refractivity contribution in [1.82, 2.24) is 14.3 Å². The molecule has 0 spiro atoms. The van der Waals surface area contributed by atoms with Crippen molar-refractivity contribution in [2.45, 2.75) is 57.4 Å². The highest BCUT2D eigenvalue weighted by atomic mass is 32.2. The van der Waals surface area contributed by atoms with E-state index in [9.17, 15) is 8.42 Å². The van der Waals surface area contributed by atoms with Gasteiger partial charge in [0.25, 0.3) is 0 Å². The molecule has 1 fully saturated rings. The molecule has 1 aliphatic carbocycles. The summed E-state index contributed by atoms with van der Waals surface area (Å²) >= 11 is 1.54. The van der Waals surface area contributed by atoms with Gasteiger partial charge >= 0.3 is 0 Å². The monoisotopic (exact) mass is 367 g/mol. The number of rotatable bonds is 4. The number of hydrogen-bond acceptors (Lipinski definition) is 4. The lowest BCUT2D eigenvalue weighted by Gasteiger charge is -2.26. The van der Waals surface area contributed by atoms with E-state index in [1.807, 2.05) is 30.8 Å². The lowest BCUT2D eigenvalue weighted by Crippen LogP contribution is -2.37. The van der Waals surface area contributed by atoms with Crippen molar-refractivity contribution in [3.8, 4) is 10.7 Å². The van der Waals surface area contributed by atoms with Crippen molar-refractivity contribution < 1.29 is 8.42 Å². The van der Waals surface area contributed by atoms with Gasteiger partial charge in [-0.15, -0.1) is 11.3 Å². The Morgan fingerprint density at radius 3 is 2.50 bits per heavy atom. The Morgan fingerprint density at radius 1 is 1.25 bits per heavy atom. The number of sulfonamides is 1. The van der Waals surface area contributed by atoms with E-state index in [-0.39, 0.29) is 6.04 Å². The fraction of sp³-hybridized carbons (Fsp3) is 0.588. The zero-order valence-corrected chi connectivity index (χ0v) is 16.3. The molecular formula is C17H25N3O2S2. The van der Waals surface area contributed by atoms with Gasteiger partial charge in [0.1, 0.15) is 9.90 Å². The third-order valence-electron chi connectivity index (χ3n) is 4.95. The number of aromatic nitrogens is 2. The largest absolute Gasteiger partial charge is 0.345 e. The SMILES string of the molecule is Cc1csc(-c2cc(S(=O)(=O)NC3CCC(C)CC3)c(C)n2C)n1. The molecule has 2 aromatic rings. The first kappa shape index (κ1) is 17.6. The van der Waals surface area contributed by atoms with Crippen LogP contribution in [0.3, 0.4) is 0 Å². The number of thiazole rings is 1. The molecule has 0 aromatic carbocycles. The molecule has 0 unspecified atom stereocenters. The van der Waals surface area contributed by atoms with Crippen molar-refractivity contribution in [3.05, 3.63) is 22.8 Å². The Kier molecular flexibility index (Phi) is 4.86. The smallest absolute Gasteiger partial charge is 0.242 e. The first-order valence-electron chi connectivity index (χ1n) is 8.39. The molecule has 1 aliphatic rings. The summed E-state index contributed by atoms with van der Waals surface area (Å²) in [5.41, 5.74) is 2.55. The first-order chi connectivity index (χ1) is 11.3. The molecule has 5 nitrogen and oxygen atoms in total. The second kappa shape index (κ2) is 6.61. The second-order valence-corrected chi connectivity index (χ2v) is 9.45. The maximum Gasteiger partial charge on any atom is 0.242 e. The minimum Gasteiger partial charge on any atom is -0.345 e. The molecule has 3 rings (SSSR count). The third kappa shape index (κ3) is 3.43. The lowest BCUT2D eigenvalue weighted by atomic mass is 9.88. The summed E-state index contributed by atoms with van der Waals surface area (Å²) in [6, 6.07) is 1.80. The third-order valence-corrected chi connectivity index (χ3v) is 7.57. The van der Waals surface area contributed by atoms with E-state index in [2.05, 4.69) is 16.6 Å². The van der Waals surface area contributed by atoms with Crippen LogP contribution in [-0.2, 0) is 17.1 Å². The van der Waals surface area contributed by atoms with Crippen molar-refractivity contribution in [3.63, 3.8) is 0 Å². The minimum absolute atomic E-state index is 0.0522. The van der Waals surface area contributed by atoms with Crippen LogP contribution in [-0.4, -0.2) is 24.0 Å². The Bertz CT molecular complexity index is 828. The number of hydrogen-bond donors (Lipinski definition) is 1. The van der Waals surface area contributed by atoms with E-state index < -0.39 is 10.0 Å². The van der Waals surface area contributed by atoms with Gasteiger partial charge in [-0.05, 0) is 51.5 Å². The Morgan fingerprint density at radius 2 is 1.92 bits per heavy atom. The summed E-state index contributed by atoms with van der Waals surface area (Å²) in [4.78, 5) is 4.85. The van der Waals surface area contributed by atoms with Crippen LogP contribution in [0.1, 0.15) is 44.0 Å². The Labute approximate surface area is 148 Å². The highest BCUT2D eigenvalue weighted by Crippen LogP contribution is 2.31. The zero-order valence-electron chi connectivity index (χ0n) is 14.7. The molecule has 0 bridgehead atoms. The van der Waals surface area contributed by atoms with Crippen LogP contribution in [0.5, 0.6) is 0 Å². The molecule has 2 aromatic heterocycles. The maximum absolute atomic E-state index is 12.9. The fourth-order valence-electron chi connectivity index (χ4n) is 3.28. The highest BCUT2D eigenvalue weighted by Gasteiger charge is 2.27. The van der Waals surface area contributed by atoms with E-state index in [0.29, 0.717) is 10.8 Å². The minimum atomic E-state index is -3.50. The number of aryl methyl sites for hydroxylation is 1. The van der Waals surface area contributed by atoms with E-state index in [1.165, 1.54) is 11.3 Å². The molecular weight excluding hydrogens is 342 g/mol. The molecule has 1 saturated carbocycles. The topological polar surface area (TPSA) is 64.0 Å². The summed E-state index contributed by atoms with van der Waals surface area (Å²) < 4.78 is 30.6. The molecule has 0 amide bonds. The molecule has 0 aliphatic heterocycles. The Hall–Kier alpha value is -1.18. The lowest BCUT2D eigenvalue weighted by molar-refractivity contribution is 0.332. The van der Waals surface area contributed by atoms with Gasteiger partial charge < -0.3 is 4.57 Å². The van der Waals surface area contributed by atoms with Crippen LogP contribution >= 0.6 is 11.3 Å². The summed E-state index contributed by atoms with van der Waals surface area (Å²) in [6.45, 7) is 6.02. The van der Waals surface area contributed by atoms with Crippen LogP contribution in [0.2, 0.25) is 0 Å². The van der Waals surface area contributed by atoms with E-state index in [4.69, 9.17) is 0 Å².